The molecule has 2 amide bonds. The first kappa shape index (κ1) is 15.1. The Hall–Kier alpha value is -2.18. The molecule has 0 spiro atoms. The molecule has 2 aliphatic carbocycles. The Morgan fingerprint density at radius 1 is 1.16 bits per heavy atom. The predicted octanol–water partition coefficient (Wildman–Crippen LogP) is 0.349. The standard InChI is InChI=1S/C18H22N4O3/c23-16(19-5-10-1-2-10)14-9-21-6-12-7-22(18(25)11-3-4-11)8-13(12)15(21)20-17(14)24/h9-13H,1-8H2,(H,19,23)/t12-,13+/m0/s1. The molecule has 1 saturated heterocycles. The van der Waals surface area contributed by atoms with Gasteiger partial charge in [-0.25, -0.2) is 0 Å². The lowest BCUT2D eigenvalue weighted by molar-refractivity contribution is -0.131. The number of amides is 2. The van der Waals surface area contributed by atoms with E-state index in [0.29, 0.717) is 24.9 Å². The van der Waals surface area contributed by atoms with Crippen LogP contribution in [0.25, 0.3) is 0 Å². The maximum Gasteiger partial charge on any atom is 0.285 e. The molecule has 0 unspecified atom stereocenters. The lowest BCUT2D eigenvalue weighted by atomic mass is 9.99. The monoisotopic (exact) mass is 342 g/mol. The molecule has 5 rings (SSSR count). The highest BCUT2D eigenvalue weighted by Gasteiger charge is 2.45. The summed E-state index contributed by atoms with van der Waals surface area (Å²) >= 11 is 0. The van der Waals surface area contributed by atoms with Gasteiger partial charge in [-0.15, -0.1) is 0 Å². The molecular weight excluding hydrogens is 320 g/mol. The van der Waals surface area contributed by atoms with Gasteiger partial charge in [0.1, 0.15) is 11.4 Å². The van der Waals surface area contributed by atoms with Crippen LogP contribution in [0.1, 0.15) is 47.8 Å². The molecule has 1 aromatic heterocycles. The van der Waals surface area contributed by atoms with Crippen LogP contribution in [0.2, 0.25) is 0 Å². The smallest absolute Gasteiger partial charge is 0.285 e. The zero-order valence-electron chi connectivity index (χ0n) is 14.1. The number of carbonyl (C=O) groups excluding carboxylic acids is 2. The molecular formula is C18H22N4O3. The van der Waals surface area contributed by atoms with Gasteiger partial charge in [0.15, 0.2) is 0 Å². The van der Waals surface area contributed by atoms with Crippen LogP contribution >= 0.6 is 0 Å². The summed E-state index contributed by atoms with van der Waals surface area (Å²) in [4.78, 5) is 43.0. The third-order valence-electron chi connectivity index (χ3n) is 5.96. The fourth-order valence-corrected chi connectivity index (χ4v) is 4.13. The second kappa shape index (κ2) is 5.41. The van der Waals surface area contributed by atoms with Gasteiger partial charge in [0.05, 0.1) is 0 Å². The van der Waals surface area contributed by atoms with Crippen molar-refractivity contribution in [2.45, 2.75) is 38.1 Å². The number of rotatable bonds is 4. The number of nitrogens with one attached hydrogen (secondary N) is 1. The quantitative estimate of drug-likeness (QED) is 0.856. The highest BCUT2D eigenvalue weighted by atomic mass is 16.2. The number of carbonyl (C=O) groups is 2. The summed E-state index contributed by atoms with van der Waals surface area (Å²) in [6.07, 6.45) is 6.00. The van der Waals surface area contributed by atoms with Crippen LogP contribution in [-0.2, 0) is 11.3 Å². The fourth-order valence-electron chi connectivity index (χ4n) is 4.13. The summed E-state index contributed by atoms with van der Waals surface area (Å²) in [6.45, 7) is 2.76. The third-order valence-corrected chi connectivity index (χ3v) is 5.96. The van der Waals surface area contributed by atoms with Gasteiger partial charge in [0.2, 0.25) is 5.91 Å². The highest BCUT2D eigenvalue weighted by Crippen LogP contribution is 2.40. The van der Waals surface area contributed by atoms with Gasteiger partial charge in [-0.05, 0) is 31.6 Å². The number of hydrogen-bond acceptors (Lipinski definition) is 4. The highest BCUT2D eigenvalue weighted by molar-refractivity contribution is 5.93. The second-order valence-electron chi connectivity index (χ2n) is 8.01. The molecule has 132 valence electrons. The summed E-state index contributed by atoms with van der Waals surface area (Å²) in [5, 5.41) is 2.84. The van der Waals surface area contributed by atoms with Gasteiger partial charge in [0.25, 0.3) is 11.5 Å². The minimum absolute atomic E-state index is 0.124. The van der Waals surface area contributed by atoms with Crippen LogP contribution < -0.4 is 10.9 Å². The van der Waals surface area contributed by atoms with Crippen LogP contribution in [0.5, 0.6) is 0 Å². The molecule has 3 fully saturated rings. The number of hydrogen-bond donors (Lipinski definition) is 1. The first-order valence-corrected chi connectivity index (χ1v) is 9.28. The second-order valence-corrected chi connectivity index (χ2v) is 8.01. The van der Waals surface area contributed by atoms with E-state index in [1.54, 1.807) is 6.20 Å². The average Bonchev–Trinajstić information content (AvgIpc) is 3.50. The van der Waals surface area contributed by atoms with E-state index >= 15 is 0 Å². The molecule has 2 saturated carbocycles. The van der Waals surface area contributed by atoms with E-state index in [1.807, 2.05) is 9.47 Å². The van der Waals surface area contributed by atoms with Crippen molar-refractivity contribution in [1.82, 2.24) is 19.8 Å². The predicted molar refractivity (Wildman–Crippen MR) is 89.1 cm³/mol. The maximum atomic E-state index is 12.3. The summed E-state index contributed by atoms with van der Waals surface area (Å²) in [5.74, 6) is 1.91. The van der Waals surface area contributed by atoms with E-state index in [1.165, 1.54) is 0 Å². The summed E-state index contributed by atoms with van der Waals surface area (Å²) in [6, 6.07) is 0. The van der Waals surface area contributed by atoms with Crippen LogP contribution in [-0.4, -0.2) is 45.9 Å². The lowest BCUT2D eigenvalue weighted by Gasteiger charge is -2.18. The SMILES string of the molecule is O=C(NCC1CC1)c1cn2c(nc1=O)[C@@H]1CN(C(=O)C3CC3)C[C@@H]1C2. The minimum Gasteiger partial charge on any atom is -0.352 e. The molecule has 7 heteroatoms. The topological polar surface area (TPSA) is 84.3 Å². The summed E-state index contributed by atoms with van der Waals surface area (Å²) in [7, 11) is 0. The molecule has 0 bridgehead atoms. The zero-order chi connectivity index (χ0) is 17.1. The Labute approximate surface area is 145 Å². The van der Waals surface area contributed by atoms with E-state index < -0.39 is 5.56 Å². The summed E-state index contributed by atoms with van der Waals surface area (Å²) in [5.41, 5.74) is -0.317. The van der Waals surface area contributed by atoms with Gasteiger partial charge in [-0.1, -0.05) is 0 Å². The fraction of sp³-hybridized carbons (Fsp3) is 0.667. The normalized spacial score (nSPS) is 27.1. The van der Waals surface area contributed by atoms with Gasteiger partial charge in [-0.2, -0.15) is 4.98 Å². The number of nitrogens with zero attached hydrogens (tertiary/aromatic N) is 3. The Kier molecular flexibility index (Phi) is 3.27. The average molecular weight is 342 g/mol. The molecule has 2 atom stereocenters. The molecule has 25 heavy (non-hydrogen) atoms. The van der Waals surface area contributed by atoms with Crippen molar-refractivity contribution in [3.05, 3.63) is 27.9 Å². The van der Waals surface area contributed by atoms with Gasteiger partial charge in [-0.3, -0.25) is 14.4 Å². The molecule has 1 N–H and O–H groups in total. The first-order chi connectivity index (χ1) is 12.1. The van der Waals surface area contributed by atoms with Crippen molar-refractivity contribution < 1.29 is 9.59 Å². The minimum atomic E-state index is -0.452. The van der Waals surface area contributed by atoms with Crippen LogP contribution in [0.15, 0.2) is 11.0 Å². The van der Waals surface area contributed by atoms with Gasteiger partial charge in [0, 0.05) is 50.1 Å². The molecule has 0 aromatic carbocycles. The number of likely N-dealkylation sites (tertiary alicyclic amines) is 1. The van der Waals surface area contributed by atoms with E-state index in [4.69, 9.17) is 0 Å². The van der Waals surface area contributed by atoms with Crippen LogP contribution in [0.3, 0.4) is 0 Å². The largest absolute Gasteiger partial charge is 0.352 e. The Morgan fingerprint density at radius 3 is 2.68 bits per heavy atom. The zero-order valence-corrected chi connectivity index (χ0v) is 14.1. The van der Waals surface area contributed by atoms with Crippen molar-refractivity contribution in [3.8, 4) is 0 Å². The van der Waals surface area contributed by atoms with Crippen molar-refractivity contribution in [3.63, 3.8) is 0 Å². The number of fused-ring (bicyclic) bond motifs is 3. The van der Waals surface area contributed by atoms with Crippen LogP contribution in [0, 0.1) is 17.8 Å². The molecule has 2 aliphatic heterocycles. The Bertz CT molecular complexity index is 809. The van der Waals surface area contributed by atoms with Crippen molar-refractivity contribution in [2.24, 2.45) is 17.8 Å². The Balaban J connectivity index is 1.34. The van der Waals surface area contributed by atoms with Gasteiger partial charge < -0.3 is 14.8 Å². The van der Waals surface area contributed by atoms with Crippen molar-refractivity contribution >= 4 is 11.8 Å². The van der Waals surface area contributed by atoms with Crippen LogP contribution in [0.4, 0.5) is 0 Å². The number of aromatic nitrogens is 2. The molecule has 3 heterocycles. The molecule has 7 nitrogen and oxygen atoms in total. The molecule has 4 aliphatic rings. The third kappa shape index (κ3) is 2.65. The van der Waals surface area contributed by atoms with E-state index in [9.17, 15) is 14.4 Å². The molecule has 0 radical (unpaired) electrons. The lowest BCUT2D eigenvalue weighted by Crippen LogP contribution is -2.34. The van der Waals surface area contributed by atoms with E-state index in [0.717, 1.165) is 44.6 Å². The van der Waals surface area contributed by atoms with Crippen molar-refractivity contribution in [1.29, 1.82) is 0 Å². The maximum absolute atomic E-state index is 12.3. The van der Waals surface area contributed by atoms with E-state index in [-0.39, 0.29) is 29.2 Å². The first-order valence-electron chi connectivity index (χ1n) is 9.28. The van der Waals surface area contributed by atoms with Gasteiger partial charge >= 0.3 is 0 Å². The van der Waals surface area contributed by atoms with Crippen molar-refractivity contribution in [2.75, 3.05) is 19.6 Å². The van der Waals surface area contributed by atoms with E-state index in [2.05, 4.69) is 10.3 Å². The Morgan fingerprint density at radius 2 is 1.96 bits per heavy atom. The summed E-state index contributed by atoms with van der Waals surface area (Å²) < 4.78 is 1.95. The molecule has 1 aromatic rings.